The molecule has 2 N–H and O–H groups in total. The number of rotatable bonds is 7. The lowest BCUT2D eigenvalue weighted by molar-refractivity contribution is -0.117. The van der Waals surface area contributed by atoms with E-state index in [9.17, 15) is 9.59 Å². The van der Waals surface area contributed by atoms with E-state index in [0.29, 0.717) is 11.4 Å². The molecule has 24 heavy (non-hydrogen) atoms. The summed E-state index contributed by atoms with van der Waals surface area (Å²) in [7, 11) is 2.95. The summed E-state index contributed by atoms with van der Waals surface area (Å²) in [6.45, 7) is 0.118. The van der Waals surface area contributed by atoms with E-state index in [1.807, 2.05) is 0 Å². The number of benzene rings is 1. The molecule has 2 amide bonds. The summed E-state index contributed by atoms with van der Waals surface area (Å²) >= 11 is 0. The minimum absolute atomic E-state index is 0.0202. The first-order valence-corrected chi connectivity index (χ1v) is 7.30. The molecule has 0 spiro atoms. The van der Waals surface area contributed by atoms with E-state index < -0.39 is 5.91 Å². The van der Waals surface area contributed by atoms with Crippen LogP contribution in [0.2, 0.25) is 0 Å². The van der Waals surface area contributed by atoms with Crippen molar-refractivity contribution in [2.24, 2.45) is 5.73 Å². The number of methoxy groups -OCH3 is 2. The maximum Gasteiger partial charge on any atom is 0.263 e. The Hall–Kier alpha value is -3.09. The highest BCUT2D eigenvalue weighted by Gasteiger charge is 2.24. The number of nitrogens with two attached hydrogens (primary N) is 1. The van der Waals surface area contributed by atoms with Crippen molar-refractivity contribution >= 4 is 17.5 Å². The Kier molecular flexibility index (Phi) is 5.73. The number of hydrogen-bond acceptors (Lipinski definition) is 5. The van der Waals surface area contributed by atoms with Gasteiger partial charge in [0.05, 0.1) is 19.9 Å². The van der Waals surface area contributed by atoms with Gasteiger partial charge in [-0.15, -0.1) is 0 Å². The number of aromatic nitrogens is 1. The molecule has 0 saturated carbocycles. The lowest BCUT2D eigenvalue weighted by Gasteiger charge is -2.24. The highest BCUT2D eigenvalue weighted by atomic mass is 16.5. The fourth-order valence-corrected chi connectivity index (χ4v) is 2.27. The van der Waals surface area contributed by atoms with E-state index >= 15 is 0 Å². The van der Waals surface area contributed by atoms with Crippen LogP contribution in [0, 0.1) is 0 Å². The molecule has 126 valence electrons. The Morgan fingerprint density at radius 1 is 1.12 bits per heavy atom. The summed E-state index contributed by atoms with van der Waals surface area (Å²) in [5, 5.41) is 0. The molecule has 7 nitrogen and oxygen atoms in total. The maximum atomic E-state index is 13.0. The van der Waals surface area contributed by atoms with E-state index in [1.165, 1.54) is 25.3 Å². The van der Waals surface area contributed by atoms with Crippen LogP contribution in [0.4, 0.5) is 5.69 Å². The van der Waals surface area contributed by atoms with Crippen LogP contribution < -0.4 is 20.1 Å². The molecule has 0 radical (unpaired) electrons. The van der Waals surface area contributed by atoms with Gasteiger partial charge in [-0.2, -0.15) is 0 Å². The number of carbonyl (C=O) groups excluding carboxylic acids is 2. The van der Waals surface area contributed by atoms with Crippen LogP contribution in [0.5, 0.6) is 11.6 Å². The zero-order valence-electron chi connectivity index (χ0n) is 13.6. The van der Waals surface area contributed by atoms with Gasteiger partial charge in [0.15, 0.2) is 0 Å². The number of ether oxygens (including phenoxy) is 2. The Bertz CT molecular complexity index is 733. The molecule has 2 aromatic rings. The van der Waals surface area contributed by atoms with Crippen LogP contribution in [-0.2, 0) is 4.79 Å². The van der Waals surface area contributed by atoms with E-state index in [-0.39, 0.29) is 30.3 Å². The maximum absolute atomic E-state index is 13.0. The molecule has 7 heteroatoms. The van der Waals surface area contributed by atoms with Gasteiger partial charge in [0.1, 0.15) is 11.3 Å². The van der Waals surface area contributed by atoms with Crippen LogP contribution in [0.25, 0.3) is 0 Å². The summed E-state index contributed by atoms with van der Waals surface area (Å²) in [5.74, 6) is -0.133. The predicted octanol–water partition coefficient (Wildman–Crippen LogP) is 1.62. The van der Waals surface area contributed by atoms with Crippen LogP contribution in [-0.4, -0.2) is 37.6 Å². The smallest absolute Gasteiger partial charge is 0.263 e. The second kappa shape index (κ2) is 7.96. The van der Waals surface area contributed by atoms with Crippen LogP contribution in [0.1, 0.15) is 16.8 Å². The summed E-state index contributed by atoms with van der Waals surface area (Å²) in [6, 6.07) is 10.3. The first-order valence-electron chi connectivity index (χ1n) is 7.30. The molecule has 0 unspecified atom stereocenters. The standard InChI is InChI=1S/C17H19N3O4/c1-23-14-8-4-3-7-13(14)20(11-9-15(18)21)17(22)12-6-5-10-19-16(12)24-2/h3-8,10H,9,11H2,1-2H3,(H2,18,21). The molecule has 0 bridgehead atoms. The number of nitrogens with zero attached hydrogens (tertiary/aromatic N) is 2. The molecule has 0 saturated heterocycles. The highest BCUT2D eigenvalue weighted by Crippen LogP contribution is 2.30. The lowest BCUT2D eigenvalue weighted by atomic mass is 10.2. The molecular weight excluding hydrogens is 310 g/mol. The quantitative estimate of drug-likeness (QED) is 0.833. The first-order chi connectivity index (χ1) is 11.6. The van der Waals surface area contributed by atoms with Crippen LogP contribution in [0.3, 0.4) is 0 Å². The second-order valence-corrected chi connectivity index (χ2v) is 4.91. The SMILES string of the molecule is COc1ccccc1N(CCC(N)=O)C(=O)c1cccnc1OC. The fraction of sp³-hybridized carbons (Fsp3) is 0.235. The van der Waals surface area contributed by atoms with Gasteiger partial charge in [0, 0.05) is 19.2 Å². The highest BCUT2D eigenvalue weighted by molar-refractivity contribution is 6.08. The lowest BCUT2D eigenvalue weighted by Crippen LogP contribution is -2.34. The molecule has 0 atom stereocenters. The van der Waals surface area contributed by atoms with Gasteiger partial charge in [0.25, 0.3) is 5.91 Å². The van der Waals surface area contributed by atoms with Crippen LogP contribution >= 0.6 is 0 Å². The van der Waals surface area contributed by atoms with Gasteiger partial charge in [-0.25, -0.2) is 4.98 Å². The van der Waals surface area contributed by atoms with Gasteiger partial charge in [-0.1, -0.05) is 12.1 Å². The largest absolute Gasteiger partial charge is 0.495 e. The minimum atomic E-state index is -0.499. The van der Waals surface area contributed by atoms with E-state index in [4.69, 9.17) is 15.2 Å². The van der Waals surface area contributed by atoms with E-state index in [0.717, 1.165) is 0 Å². The molecule has 0 aliphatic carbocycles. The molecule has 1 heterocycles. The van der Waals surface area contributed by atoms with Gasteiger partial charge in [-0.05, 0) is 24.3 Å². The summed E-state index contributed by atoms with van der Waals surface area (Å²) < 4.78 is 10.5. The summed E-state index contributed by atoms with van der Waals surface area (Å²) in [4.78, 5) is 29.7. The van der Waals surface area contributed by atoms with Crippen molar-refractivity contribution in [3.63, 3.8) is 0 Å². The number of amides is 2. The van der Waals surface area contributed by atoms with Crippen molar-refractivity contribution in [3.05, 3.63) is 48.2 Å². The Balaban J connectivity index is 2.45. The van der Waals surface area contributed by atoms with Crippen molar-refractivity contribution < 1.29 is 19.1 Å². The third-order valence-corrected chi connectivity index (χ3v) is 3.40. The Morgan fingerprint density at radius 2 is 1.88 bits per heavy atom. The third-order valence-electron chi connectivity index (χ3n) is 3.40. The number of para-hydroxylation sites is 2. The van der Waals surface area contributed by atoms with Crippen molar-refractivity contribution in [1.82, 2.24) is 4.98 Å². The summed E-state index contributed by atoms with van der Waals surface area (Å²) in [5.41, 5.74) is 6.07. The molecule has 1 aromatic carbocycles. The average molecular weight is 329 g/mol. The fourth-order valence-electron chi connectivity index (χ4n) is 2.27. The number of primary amides is 1. The van der Waals surface area contributed by atoms with Crippen LogP contribution in [0.15, 0.2) is 42.6 Å². The van der Waals surface area contributed by atoms with E-state index in [1.54, 1.807) is 36.4 Å². The number of pyridine rings is 1. The monoisotopic (exact) mass is 329 g/mol. The Morgan fingerprint density at radius 3 is 2.54 bits per heavy atom. The van der Waals surface area contributed by atoms with Gasteiger partial charge in [-0.3, -0.25) is 9.59 Å². The minimum Gasteiger partial charge on any atom is -0.495 e. The summed E-state index contributed by atoms with van der Waals surface area (Å²) in [6.07, 6.45) is 1.55. The molecule has 2 rings (SSSR count). The van der Waals surface area contributed by atoms with Crippen molar-refractivity contribution in [2.75, 3.05) is 25.7 Å². The van der Waals surface area contributed by atoms with Gasteiger partial charge < -0.3 is 20.1 Å². The number of anilines is 1. The average Bonchev–Trinajstić information content (AvgIpc) is 2.61. The molecule has 0 aliphatic rings. The molecular formula is C17H19N3O4. The first kappa shape index (κ1) is 17.3. The van der Waals surface area contributed by atoms with Crippen molar-refractivity contribution in [1.29, 1.82) is 0 Å². The van der Waals surface area contributed by atoms with Crippen molar-refractivity contribution in [3.8, 4) is 11.6 Å². The number of carbonyl (C=O) groups is 2. The number of hydrogen-bond donors (Lipinski definition) is 1. The topological polar surface area (TPSA) is 94.8 Å². The normalized spacial score (nSPS) is 10.1. The zero-order chi connectivity index (χ0) is 17.5. The third kappa shape index (κ3) is 3.81. The molecule has 1 aromatic heterocycles. The van der Waals surface area contributed by atoms with Crippen molar-refractivity contribution in [2.45, 2.75) is 6.42 Å². The van der Waals surface area contributed by atoms with Gasteiger partial charge >= 0.3 is 0 Å². The second-order valence-electron chi connectivity index (χ2n) is 4.91. The molecule has 0 aliphatic heterocycles. The zero-order valence-corrected chi connectivity index (χ0v) is 13.6. The predicted molar refractivity (Wildman–Crippen MR) is 89.3 cm³/mol. The molecule has 0 fully saturated rings. The Labute approximate surface area is 140 Å². The van der Waals surface area contributed by atoms with E-state index in [2.05, 4.69) is 4.98 Å². The van der Waals surface area contributed by atoms with Gasteiger partial charge in [0.2, 0.25) is 11.8 Å².